The molecule has 0 spiro atoms. The van der Waals surface area contributed by atoms with Gasteiger partial charge in [0.2, 0.25) is 0 Å². The van der Waals surface area contributed by atoms with Crippen LogP contribution in [0.15, 0.2) is 29.6 Å². The molecule has 0 aliphatic rings. The van der Waals surface area contributed by atoms with Gasteiger partial charge in [0.25, 0.3) is 0 Å². The number of thiazole rings is 1. The van der Waals surface area contributed by atoms with E-state index in [-0.39, 0.29) is 0 Å². The van der Waals surface area contributed by atoms with Crippen molar-refractivity contribution in [3.05, 3.63) is 40.3 Å². The van der Waals surface area contributed by atoms with Crippen molar-refractivity contribution in [2.24, 2.45) is 0 Å². The summed E-state index contributed by atoms with van der Waals surface area (Å²) in [5.74, 6) is 0. The van der Waals surface area contributed by atoms with Gasteiger partial charge in [-0.3, -0.25) is 0 Å². The maximum absolute atomic E-state index is 4.42. The van der Waals surface area contributed by atoms with E-state index in [0.29, 0.717) is 0 Å². The Bertz CT molecular complexity index is 474. The van der Waals surface area contributed by atoms with Gasteiger partial charge in [0, 0.05) is 30.9 Å². The van der Waals surface area contributed by atoms with Crippen molar-refractivity contribution < 1.29 is 0 Å². The van der Waals surface area contributed by atoms with Crippen LogP contribution in [0.25, 0.3) is 0 Å². The number of nitrogens with one attached hydrogen (secondary N) is 1. The third kappa shape index (κ3) is 3.20. The number of aromatic nitrogens is 1. The van der Waals surface area contributed by atoms with Gasteiger partial charge in [-0.25, -0.2) is 4.98 Å². The summed E-state index contributed by atoms with van der Waals surface area (Å²) >= 11 is 1.69. The van der Waals surface area contributed by atoms with Gasteiger partial charge in [-0.1, -0.05) is 0 Å². The molecule has 0 radical (unpaired) electrons. The second-order valence-corrected chi connectivity index (χ2v) is 5.21. The van der Waals surface area contributed by atoms with E-state index in [9.17, 15) is 0 Å². The van der Waals surface area contributed by atoms with E-state index in [4.69, 9.17) is 0 Å². The number of anilines is 2. The number of hydrogen-bond donors (Lipinski definition) is 1. The number of nitrogens with zero attached hydrogens (tertiary/aromatic N) is 2. The molecular formula is C13H17N3S. The molecule has 0 aliphatic carbocycles. The molecule has 0 saturated heterocycles. The first-order chi connectivity index (χ1) is 8.15. The standard InChI is InChI=1S/C13H17N3S/c1-10-15-12(9-17-10)8-14-11-4-6-13(7-5-11)16(2)3/h4-7,9,14H,8H2,1-3H3. The lowest BCUT2D eigenvalue weighted by molar-refractivity contribution is 1.05. The Balaban J connectivity index is 1.95. The average molecular weight is 247 g/mol. The molecule has 0 aliphatic heterocycles. The first kappa shape index (κ1) is 11.9. The predicted octanol–water partition coefficient (Wildman–Crippen LogP) is 3.13. The van der Waals surface area contributed by atoms with Crippen molar-refractivity contribution >= 4 is 22.7 Å². The molecule has 0 bridgehead atoms. The Morgan fingerprint density at radius 2 is 1.94 bits per heavy atom. The molecule has 1 heterocycles. The Morgan fingerprint density at radius 3 is 2.47 bits per heavy atom. The van der Waals surface area contributed by atoms with E-state index >= 15 is 0 Å². The molecule has 17 heavy (non-hydrogen) atoms. The third-order valence-corrected chi connectivity index (χ3v) is 3.35. The highest BCUT2D eigenvalue weighted by Crippen LogP contribution is 2.16. The molecule has 4 heteroatoms. The highest BCUT2D eigenvalue weighted by atomic mass is 32.1. The fourth-order valence-electron chi connectivity index (χ4n) is 1.56. The summed E-state index contributed by atoms with van der Waals surface area (Å²) in [5, 5.41) is 6.58. The first-order valence-corrected chi connectivity index (χ1v) is 6.45. The summed E-state index contributed by atoms with van der Waals surface area (Å²) < 4.78 is 0. The van der Waals surface area contributed by atoms with Crippen LogP contribution in [0.2, 0.25) is 0 Å². The van der Waals surface area contributed by atoms with Crippen LogP contribution >= 0.6 is 11.3 Å². The lowest BCUT2D eigenvalue weighted by Crippen LogP contribution is -2.08. The maximum atomic E-state index is 4.42. The molecule has 0 amide bonds. The monoisotopic (exact) mass is 247 g/mol. The van der Waals surface area contributed by atoms with Crippen LogP contribution in [-0.2, 0) is 6.54 Å². The van der Waals surface area contributed by atoms with Crippen LogP contribution in [0.1, 0.15) is 10.7 Å². The van der Waals surface area contributed by atoms with Gasteiger partial charge in [0.1, 0.15) is 0 Å². The highest BCUT2D eigenvalue weighted by molar-refractivity contribution is 7.09. The minimum atomic E-state index is 0.783. The van der Waals surface area contributed by atoms with Crippen LogP contribution < -0.4 is 10.2 Å². The smallest absolute Gasteiger partial charge is 0.0898 e. The van der Waals surface area contributed by atoms with Gasteiger partial charge < -0.3 is 10.2 Å². The molecule has 2 rings (SSSR count). The van der Waals surface area contributed by atoms with Gasteiger partial charge in [-0.05, 0) is 31.2 Å². The molecule has 1 aromatic carbocycles. The Labute approximate surface area is 106 Å². The van der Waals surface area contributed by atoms with Crippen molar-refractivity contribution in [3.8, 4) is 0 Å². The van der Waals surface area contributed by atoms with Crippen LogP contribution in [-0.4, -0.2) is 19.1 Å². The zero-order chi connectivity index (χ0) is 12.3. The van der Waals surface area contributed by atoms with Crippen molar-refractivity contribution in [3.63, 3.8) is 0 Å². The van der Waals surface area contributed by atoms with E-state index in [1.807, 2.05) is 21.0 Å². The average Bonchev–Trinajstić information content (AvgIpc) is 2.73. The van der Waals surface area contributed by atoms with Gasteiger partial charge in [-0.15, -0.1) is 11.3 Å². The van der Waals surface area contributed by atoms with Crippen LogP contribution in [0.3, 0.4) is 0 Å². The van der Waals surface area contributed by atoms with Crippen molar-refractivity contribution in [2.45, 2.75) is 13.5 Å². The predicted molar refractivity (Wildman–Crippen MR) is 74.9 cm³/mol. The van der Waals surface area contributed by atoms with Crippen LogP contribution in [0.5, 0.6) is 0 Å². The van der Waals surface area contributed by atoms with Crippen LogP contribution in [0.4, 0.5) is 11.4 Å². The van der Waals surface area contributed by atoms with Crippen molar-refractivity contribution in [1.82, 2.24) is 4.98 Å². The molecule has 90 valence electrons. The lowest BCUT2D eigenvalue weighted by Gasteiger charge is -2.13. The third-order valence-electron chi connectivity index (χ3n) is 2.52. The zero-order valence-corrected chi connectivity index (χ0v) is 11.2. The number of benzene rings is 1. The molecule has 2 aromatic rings. The molecular weight excluding hydrogens is 230 g/mol. The largest absolute Gasteiger partial charge is 0.379 e. The number of aryl methyl sites for hydroxylation is 1. The summed E-state index contributed by atoms with van der Waals surface area (Å²) in [5.41, 5.74) is 3.44. The van der Waals surface area contributed by atoms with Gasteiger partial charge in [0.15, 0.2) is 0 Å². The van der Waals surface area contributed by atoms with E-state index in [0.717, 1.165) is 22.9 Å². The minimum Gasteiger partial charge on any atom is -0.379 e. The first-order valence-electron chi connectivity index (χ1n) is 5.57. The molecule has 1 N–H and O–H groups in total. The summed E-state index contributed by atoms with van der Waals surface area (Å²) in [6.07, 6.45) is 0. The molecule has 0 fully saturated rings. The second-order valence-electron chi connectivity index (χ2n) is 4.15. The molecule has 0 unspecified atom stereocenters. The van der Waals surface area contributed by atoms with E-state index in [1.54, 1.807) is 11.3 Å². The molecule has 1 aromatic heterocycles. The lowest BCUT2D eigenvalue weighted by atomic mass is 10.2. The van der Waals surface area contributed by atoms with E-state index in [1.165, 1.54) is 5.69 Å². The Morgan fingerprint density at radius 1 is 1.24 bits per heavy atom. The fourth-order valence-corrected chi connectivity index (χ4v) is 2.17. The Kier molecular flexibility index (Phi) is 3.64. The summed E-state index contributed by atoms with van der Waals surface area (Å²) in [4.78, 5) is 6.51. The molecule has 0 saturated carbocycles. The minimum absolute atomic E-state index is 0.783. The van der Waals surface area contributed by atoms with Crippen LogP contribution in [0, 0.1) is 6.92 Å². The van der Waals surface area contributed by atoms with Gasteiger partial charge in [0.05, 0.1) is 17.2 Å². The second kappa shape index (κ2) is 5.19. The molecule has 0 atom stereocenters. The number of rotatable bonds is 4. The quantitative estimate of drug-likeness (QED) is 0.899. The Hall–Kier alpha value is -1.55. The summed E-state index contributed by atoms with van der Waals surface area (Å²) in [6.45, 7) is 2.81. The SMILES string of the molecule is Cc1nc(CNc2ccc(N(C)C)cc2)cs1. The molecule has 3 nitrogen and oxygen atoms in total. The van der Waals surface area contributed by atoms with Gasteiger partial charge in [-0.2, -0.15) is 0 Å². The number of hydrogen-bond acceptors (Lipinski definition) is 4. The maximum Gasteiger partial charge on any atom is 0.0898 e. The fraction of sp³-hybridized carbons (Fsp3) is 0.308. The zero-order valence-electron chi connectivity index (χ0n) is 10.4. The van der Waals surface area contributed by atoms with Crippen molar-refractivity contribution in [2.75, 3.05) is 24.3 Å². The van der Waals surface area contributed by atoms with E-state index in [2.05, 4.69) is 44.8 Å². The van der Waals surface area contributed by atoms with Gasteiger partial charge >= 0.3 is 0 Å². The summed E-state index contributed by atoms with van der Waals surface area (Å²) in [6, 6.07) is 8.40. The topological polar surface area (TPSA) is 28.2 Å². The normalized spacial score (nSPS) is 10.3. The highest BCUT2D eigenvalue weighted by Gasteiger charge is 1.99. The van der Waals surface area contributed by atoms with Crippen molar-refractivity contribution in [1.29, 1.82) is 0 Å². The van der Waals surface area contributed by atoms with E-state index < -0.39 is 0 Å². The summed E-state index contributed by atoms with van der Waals surface area (Å²) in [7, 11) is 4.08.